The minimum Gasteiger partial charge on any atom is -0.356 e. The van der Waals surface area contributed by atoms with Crippen LogP contribution in [0.15, 0.2) is 24.8 Å². The fourth-order valence-corrected chi connectivity index (χ4v) is 4.38. The van der Waals surface area contributed by atoms with Gasteiger partial charge in [0.2, 0.25) is 0 Å². The van der Waals surface area contributed by atoms with Crippen LogP contribution < -0.4 is 14.7 Å². The van der Waals surface area contributed by atoms with Gasteiger partial charge < -0.3 is 14.7 Å². The number of aryl methyl sites for hydroxylation is 1. The highest BCUT2D eigenvalue weighted by Crippen LogP contribution is 2.25. The first-order chi connectivity index (χ1) is 14.2. The fraction of sp³-hybridized carbons (Fsp3) is 0.550. The van der Waals surface area contributed by atoms with E-state index in [1.54, 1.807) is 12.7 Å². The summed E-state index contributed by atoms with van der Waals surface area (Å²) in [7, 11) is 0. The van der Waals surface area contributed by atoms with Crippen molar-refractivity contribution in [2.24, 2.45) is 5.92 Å². The van der Waals surface area contributed by atoms with E-state index >= 15 is 0 Å². The molecular weight excluding hydrogens is 366 g/mol. The Bertz CT molecular complexity index is 993. The summed E-state index contributed by atoms with van der Waals surface area (Å²) in [4.78, 5) is 24.9. The predicted molar refractivity (Wildman–Crippen MR) is 113 cm³/mol. The molecule has 0 N–H and O–H groups in total. The number of fused-ring (bicyclic) bond motifs is 1. The van der Waals surface area contributed by atoms with Crippen molar-refractivity contribution in [2.75, 3.05) is 54.0 Å². The van der Waals surface area contributed by atoms with Gasteiger partial charge >= 0.3 is 0 Å². The van der Waals surface area contributed by atoms with Gasteiger partial charge in [0.15, 0.2) is 0 Å². The van der Waals surface area contributed by atoms with Gasteiger partial charge in [0.25, 0.3) is 5.78 Å². The zero-order valence-electron chi connectivity index (χ0n) is 17.1. The number of rotatable bonds is 3. The topological polar surface area (TPSA) is 78.6 Å². The normalized spacial score (nSPS) is 20.5. The number of aromatic nitrogens is 6. The van der Waals surface area contributed by atoms with Crippen LogP contribution >= 0.6 is 0 Å². The molecule has 0 amide bonds. The molecule has 0 bridgehead atoms. The zero-order valence-corrected chi connectivity index (χ0v) is 17.1. The van der Waals surface area contributed by atoms with E-state index in [0.717, 1.165) is 68.3 Å². The lowest BCUT2D eigenvalue weighted by Crippen LogP contribution is -2.47. The Hall–Kier alpha value is -2.97. The Morgan fingerprint density at radius 3 is 2.41 bits per heavy atom. The molecule has 2 aliphatic heterocycles. The van der Waals surface area contributed by atoms with E-state index in [0.29, 0.717) is 5.78 Å². The summed E-state index contributed by atoms with van der Waals surface area (Å²) >= 11 is 0. The van der Waals surface area contributed by atoms with Gasteiger partial charge in [-0.25, -0.2) is 15.0 Å². The third kappa shape index (κ3) is 3.56. The maximum Gasteiger partial charge on any atom is 0.254 e. The van der Waals surface area contributed by atoms with Crippen molar-refractivity contribution in [2.45, 2.75) is 26.7 Å². The molecule has 9 heteroatoms. The second-order valence-electron chi connectivity index (χ2n) is 8.13. The molecule has 0 spiro atoms. The van der Waals surface area contributed by atoms with Crippen LogP contribution in [-0.4, -0.2) is 68.8 Å². The third-order valence-electron chi connectivity index (χ3n) is 5.91. The Balaban J connectivity index is 1.31. The molecule has 1 unspecified atom stereocenters. The smallest absolute Gasteiger partial charge is 0.254 e. The average Bonchev–Trinajstić information content (AvgIpc) is 3.22. The number of piperidine rings is 1. The van der Waals surface area contributed by atoms with Gasteiger partial charge in [-0.1, -0.05) is 6.92 Å². The Morgan fingerprint density at radius 2 is 1.62 bits per heavy atom. The Morgan fingerprint density at radius 1 is 0.862 bits per heavy atom. The van der Waals surface area contributed by atoms with Gasteiger partial charge in [-0.15, -0.1) is 0 Å². The van der Waals surface area contributed by atoms with Crippen LogP contribution in [0.1, 0.15) is 25.5 Å². The molecule has 3 aromatic heterocycles. The maximum atomic E-state index is 4.56. The number of hydrogen-bond donors (Lipinski definition) is 0. The van der Waals surface area contributed by atoms with Gasteiger partial charge in [0, 0.05) is 57.1 Å². The summed E-state index contributed by atoms with van der Waals surface area (Å²) in [6.07, 6.45) is 5.82. The van der Waals surface area contributed by atoms with Crippen LogP contribution in [0.5, 0.6) is 0 Å². The van der Waals surface area contributed by atoms with Crippen molar-refractivity contribution in [1.29, 1.82) is 0 Å². The molecule has 0 aliphatic carbocycles. The number of nitrogens with zero attached hydrogens (tertiary/aromatic N) is 9. The van der Waals surface area contributed by atoms with Crippen molar-refractivity contribution < 1.29 is 0 Å². The zero-order chi connectivity index (χ0) is 19.8. The molecule has 5 rings (SSSR count). The lowest BCUT2D eigenvalue weighted by atomic mass is 10.0. The van der Waals surface area contributed by atoms with E-state index in [1.807, 2.05) is 11.4 Å². The summed E-state index contributed by atoms with van der Waals surface area (Å²) in [6.45, 7) is 10.1. The molecule has 2 saturated heterocycles. The molecular formula is C20H27N9. The monoisotopic (exact) mass is 393 g/mol. The molecule has 2 aliphatic rings. The molecule has 3 aromatic rings. The minimum absolute atomic E-state index is 0.652. The molecule has 9 nitrogen and oxygen atoms in total. The van der Waals surface area contributed by atoms with Crippen molar-refractivity contribution in [3.63, 3.8) is 0 Å². The third-order valence-corrected chi connectivity index (χ3v) is 5.91. The summed E-state index contributed by atoms with van der Waals surface area (Å²) in [5, 5.41) is 4.34. The van der Waals surface area contributed by atoms with Crippen LogP contribution in [0.2, 0.25) is 0 Å². The Labute approximate surface area is 170 Å². The Kier molecular flexibility index (Phi) is 4.65. The molecule has 0 radical (unpaired) electrons. The lowest BCUT2D eigenvalue weighted by molar-refractivity contribution is 0.444. The van der Waals surface area contributed by atoms with E-state index in [9.17, 15) is 0 Å². The van der Waals surface area contributed by atoms with Crippen LogP contribution in [0.3, 0.4) is 0 Å². The van der Waals surface area contributed by atoms with Gasteiger partial charge in [0.1, 0.15) is 30.1 Å². The first-order valence-electron chi connectivity index (χ1n) is 10.4. The van der Waals surface area contributed by atoms with Crippen molar-refractivity contribution in [3.8, 4) is 0 Å². The molecule has 0 aromatic carbocycles. The summed E-state index contributed by atoms with van der Waals surface area (Å²) < 4.78 is 1.82. The summed E-state index contributed by atoms with van der Waals surface area (Å²) in [5.74, 6) is 4.50. The molecule has 152 valence electrons. The first kappa shape index (κ1) is 18.1. The summed E-state index contributed by atoms with van der Waals surface area (Å²) in [5.41, 5.74) is 0.958. The van der Waals surface area contributed by atoms with E-state index in [2.05, 4.69) is 58.8 Å². The van der Waals surface area contributed by atoms with E-state index in [4.69, 9.17) is 0 Å². The van der Waals surface area contributed by atoms with Crippen LogP contribution in [0.4, 0.5) is 17.5 Å². The standard InChI is InChI=1S/C20H27N9/c1-15-4-3-5-28(12-15)18-11-17(21-13-22-18)26-6-8-27(9-7-26)19-10-16(2)25-20-23-14-24-29(19)20/h10-11,13-15H,3-9,12H2,1-2H3. The fourth-order valence-electron chi connectivity index (χ4n) is 4.38. The van der Waals surface area contributed by atoms with Crippen molar-refractivity contribution in [1.82, 2.24) is 29.5 Å². The lowest BCUT2D eigenvalue weighted by Gasteiger charge is -2.37. The van der Waals surface area contributed by atoms with Crippen LogP contribution in [0, 0.1) is 12.8 Å². The molecule has 2 fully saturated rings. The van der Waals surface area contributed by atoms with Crippen LogP contribution in [0.25, 0.3) is 5.78 Å². The highest BCUT2D eigenvalue weighted by Gasteiger charge is 2.23. The van der Waals surface area contributed by atoms with Gasteiger partial charge in [0.05, 0.1) is 0 Å². The largest absolute Gasteiger partial charge is 0.356 e. The van der Waals surface area contributed by atoms with E-state index in [-0.39, 0.29) is 0 Å². The second-order valence-corrected chi connectivity index (χ2v) is 8.13. The highest BCUT2D eigenvalue weighted by molar-refractivity contribution is 5.53. The van der Waals surface area contributed by atoms with Gasteiger partial charge in [-0.2, -0.15) is 14.6 Å². The van der Waals surface area contributed by atoms with E-state index < -0.39 is 0 Å². The maximum absolute atomic E-state index is 4.56. The van der Waals surface area contributed by atoms with Gasteiger partial charge in [-0.05, 0) is 25.7 Å². The molecule has 5 heterocycles. The highest BCUT2D eigenvalue weighted by atomic mass is 15.4. The van der Waals surface area contributed by atoms with Gasteiger partial charge in [-0.3, -0.25) is 0 Å². The molecule has 1 atom stereocenters. The quantitative estimate of drug-likeness (QED) is 0.666. The minimum atomic E-state index is 0.652. The first-order valence-corrected chi connectivity index (χ1v) is 10.4. The second kappa shape index (κ2) is 7.46. The molecule has 29 heavy (non-hydrogen) atoms. The summed E-state index contributed by atoms with van der Waals surface area (Å²) in [6, 6.07) is 4.23. The number of piperazine rings is 1. The van der Waals surface area contributed by atoms with E-state index in [1.165, 1.54) is 12.8 Å². The van der Waals surface area contributed by atoms with Crippen molar-refractivity contribution in [3.05, 3.63) is 30.5 Å². The van der Waals surface area contributed by atoms with Crippen LogP contribution in [-0.2, 0) is 0 Å². The SMILES string of the molecule is Cc1cc(N2CCN(c3cc(N4CCCC(C)C4)ncn3)CC2)n2ncnc2n1. The average molecular weight is 393 g/mol. The number of hydrogen-bond acceptors (Lipinski definition) is 8. The predicted octanol–water partition coefficient (Wildman–Crippen LogP) is 1.79. The van der Waals surface area contributed by atoms with Crippen molar-refractivity contribution >= 4 is 23.2 Å². The molecule has 0 saturated carbocycles. The number of anilines is 3.